The SMILES string of the molecule is CC(C)(CCN)CCC(=O)NC1CCCCC1C(C)(C)C. The van der Waals surface area contributed by atoms with E-state index in [9.17, 15) is 4.79 Å². The van der Waals surface area contributed by atoms with Gasteiger partial charge in [0.2, 0.25) is 5.91 Å². The van der Waals surface area contributed by atoms with Crippen LogP contribution in [0.4, 0.5) is 0 Å². The molecule has 1 aliphatic carbocycles. The lowest BCUT2D eigenvalue weighted by Gasteiger charge is -2.41. The highest BCUT2D eigenvalue weighted by Gasteiger charge is 2.34. The summed E-state index contributed by atoms with van der Waals surface area (Å²) >= 11 is 0. The molecule has 0 radical (unpaired) electrons. The first kappa shape index (κ1) is 18.5. The monoisotopic (exact) mass is 296 g/mol. The summed E-state index contributed by atoms with van der Waals surface area (Å²) in [4.78, 5) is 12.3. The normalized spacial score (nSPS) is 23.9. The first-order valence-electron chi connectivity index (χ1n) is 8.65. The first-order chi connectivity index (χ1) is 9.65. The number of carbonyl (C=O) groups excluding carboxylic acids is 1. The van der Waals surface area contributed by atoms with Gasteiger partial charge in [-0.1, -0.05) is 47.5 Å². The van der Waals surface area contributed by atoms with E-state index in [1.54, 1.807) is 0 Å². The molecule has 0 saturated heterocycles. The molecule has 1 rings (SSSR count). The fraction of sp³-hybridized carbons (Fsp3) is 0.944. The number of nitrogens with two attached hydrogens (primary N) is 1. The van der Waals surface area contributed by atoms with Crippen molar-refractivity contribution in [2.75, 3.05) is 6.54 Å². The Hall–Kier alpha value is -0.570. The fourth-order valence-corrected chi connectivity index (χ4v) is 3.59. The van der Waals surface area contributed by atoms with Crippen LogP contribution in [0, 0.1) is 16.7 Å². The van der Waals surface area contributed by atoms with Crippen molar-refractivity contribution in [1.29, 1.82) is 0 Å². The highest BCUT2D eigenvalue weighted by molar-refractivity contribution is 5.76. The van der Waals surface area contributed by atoms with Crippen LogP contribution in [-0.2, 0) is 4.79 Å². The molecule has 2 unspecified atom stereocenters. The van der Waals surface area contributed by atoms with Crippen molar-refractivity contribution in [3.63, 3.8) is 0 Å². The Bertz CT molecular complexity index is 331. The van der Waals surface area contributed by atoms with Gasteiger partial charge < -0.3 is 11.1 Å². The molecule has 0 spiro atoms. The van der Waals surface area contributed by atoms with Gasteiger partial charge in [-0.05, 0) is 49.0 Å². The van der Waals surface area contributed by atoms with E-state index in [1.165, 1.54) is 19.3 Å². The lowest BCUT2D eigenvalue weighted by atomic mass is 9.69. The standard InChI is InChI=1S/C18H36N2O/c1-17(2,3)14-8-6-7-9-15(14)20-16(21)10-11-18(4,5)12-13-19/h14-15H,6-13,19H2,1-5H3,(H,20,21). The van der Waals surface area contributed by atoms with E-state index in [2.05, 4.69) is 39.9 Å². The van der Waals surface area contributed by atoms with Crippen LogP contribution in [0.5, 0.6) is 0 Å². The minimum absolute atomic E-state index is 0.169. The largest absolute Gasteiger partial charge is 0.353 e. The third-order valence-electron chi connectivity index (χ3n) is 5.07. The van der Waals surface area contributed by atoms with Crippen molar-refractivity contribution in [1.82, 2.24) is 5.32 Å². The van der Waals surface area contributed by atoms with E-state index in [0.29, 0.717) is 24.9 Å². The molecule has 0 aromatic heterocycles. The zero-order valence-corrected chi connectivity index (χ0v) is 14.8. The Morgan fingerprint density at radius 2 is 1.71 bits per heavy atom. The summed E-state index contributed by atoms with van der Waals surface area (Å²) in [6, 6.07) is 0.365. The molecule has 0 bridgehead atoms. The van der Waals surface area contributed by atoms with Crippen molar-refractivity contribution in [2.45, 2.75) is 85.6 Å². The molecule has 0 aromatic rings. The van der Waals surface area contributed by atoms with Crippen LogP contribution in [0.15, 0.2) is 0 Å². The lowest BCUT2D eigenvalue weighted by molar-refractivity contribution is -0.123. The molecule has 3 N–H and O–H groups in total. The highest BCUT2D eigenvalue weighted by atomic mass is 16.1. The molecule has 0 aliphatic heterocycles. The van der Waals surface area contributed by atoms with Gasteiger partial charge in [-0.25, -0.2) is 0 Å². The topological polar surface area (TPSA) is 55.1 Å². The Morgan fingerprint density at radius 1 is 1.10 bits per heavy atom. The molecule has 1 amide bonds. The van der Waals surface area contributed by atoms with E-state index < -0.39 is 0 Å². The summed E-state index contributed by atoms with van der Waals surface area (Å²) in [6.45, 7) is 12.0. The number of hydrogen-bond acceptors (Lipinski definition) is 2. The van der Waals surface area contributed by atoms with Crippen LogP contribution in [-0.4, -0.2) is 18.5 Å². The lowest BCUT2D eigenvalue weighted by Crippen LogP contribution is -2.46. The average Bonchev–Trinajstić information content (AvgIpc) is 2.36. The number of rotatable bonds is 6. The summed E-state index contributed by atoms with van der Waals surface area (Å²) < 4.78 is 0. The van der Waals surface area contributed by atoms with Crippen LogP contribution in [0.25, 0.3) is 0 Å². The second-order valence-electron chi connectivity index (χ2n) is 8.63. The molecule has 1 fully saturated rings. The van der Waals surface area contributed by atoms with Gasteiger partial charge in [-0.2, -0.15) is 0 Å². The molecule has 3 nitrogen and oxygen atoms in total. The van der Waals surface area contributed by atoms with Crippen LogP contribution in [0.2, 0.25) is 0 Å². The van der Waals surface area contributed by atoms with Crippen LogP contribution < -0.4 is 11.1 Å². The quantitative estimate of drug-likeness (QED) is 0.782. The third-order valence-corrected chi connectivity index (χ3v) is 5.07. The Kier molecular flexibility index (Phi) is 6.71. The summed E-state index contributed by atoms with van der Waals surface area (Å²) in [5.74, 6) is 0.827. The van der Waals surface area contributed by atoms with Gasteiger partial charge in [0.15, 0.2) is 0 Å². The predicted molar refractivity (Wildman–Crippen MR) is 90.0 cm³/mol. The van der Waals surface area contributed by atoms with Gasteiger partial charge in [0, 0.05) is 12.5 Å². The predicted octanol–water partition coefficient (Wildman–Crippen LogP) is 3.86. The molecular formula is C18H36N2O. The van der Waals surface area contributed by atoms with Crippen molar-refractivity contribution in [3.8, 4) is 0 Å². The molecule has 124 valence electrons. The zero-order chi connectivity index (χ0) is 16.1. The average molecular weight is 296 g/mol. The maximum atomic E-state index is 12.3. The van der Waals surface area contributed by atoms with E-state index in [-0.39, 0.29) is 16.7 Å². The van der Waals surface area contributed by atoms with E-state index in [1.807, 2.05) is 0 Å². The maximum Gasteiger partial charge on any atom is 0.220 e. The van der Waals surface area contributed by atoms with Gasteiger partial charge in [0.1, 0.15) is 0 Å². The van der Waals surface area contributed by atoms with Crippen molar-refractivity contribution >= 4 is 5.91 Å². The summed E-state index contributed by atoms with van der Waals surface area (Å²) in [6.07, 6.45) is 7.46. The Balaban J connectivity index is 2.49. The summed E-state index contributed by atoms with van der Waals surface area (Å²) in [7, 11) is 0. The zero-order valence-electron chi connectivity index (χ0n) is 14.8. The van der Waals surface area contributed by atoms with Gasteiger partial charge in [-0.3, -0.25) is 4.79 Å². The number of hydrogen-bond donors (Lipinski definition) is 2. The summed E-state index contributed by atoms with van der Waals surface area (Å²) in [5, 5.41) is 3.32. The van der Waals surface area contributed by atoms with Crippen molar-refractivity contribution in [3.05, 3.63) is 0 Å². The van der Waals surface area contributed by atoms with Gasteiger partial charge >= 0.3 is 0 Å². The highest BCUT2D eigenvalue weighted by Crippen LogP contribution is 2.38. The number of nitrogens with one attached hydrogen (secondary N) is 1. The Morgan fingerprint density at radius 3 is 2.29 bits per heavy atom. The molecule has 1 aliphatic rings. The van der Waals surface area contributed by atoms with E-state index in [4.69, 9.17) is 5.73 Å². The van der Waals surface area contributed by atoms with Crippen LogP contribution in [0.1, 0.15) is 79.6 Å². The fourth-order valence-electron chi connectivity index (χ4n) is 3.59. The molecule has 21 heavy (non-hydrogen) atoms. The summed E-state index contributed by atoms with van der Waals surface area (Å²) in [5.41, 5.74) is 6.08. The van der Waals surface area contributed by atoms with E-state index in [0.717, 1.165) is 19.3 Å². The van der Waals surface area contributed by atoms with Crippen LogP contribution >= 0.6 is 0 Å². The van der Waals surface area contributed by atoms with Crippen molar-refractivity contribution < 1.29 is 4.79 Å². The van der Waals surface area contributed by atoms with Crippen molar-refractivity contribution in [2.24, 2.45) is 22.5 Å². The minimum atomic E-state index is 0.169. The molecule has 3 heteroatoms. The Labute approximate surface area is 131 Å². The van der Waals surface area contributed by atoms with Gasteiger partial charge in [-0.15, -0.1) is 0 Å². The maximum absolute atomic E-state index is 12.3. The van der Waals surface area contributed by atoms with Gasteiger partial charge in [0.25, 0.3) is 0 Å². The molecule has 1 saturated carbocycles. The molecule has 0 aromatic carbocycles. The second kappa shape index (κ2) is 7.62. The first-order valence-corrected chi connectivity index (χ1v) is 8.65. The molecule has 0 heterocycles. The molecular weight excluding hydrogens is 260 g/mol. The minimum Gasteiger partial charge on any atom is -0.353 e. The van der Waals surface area contributed by atoms with Gasteiger partial charge in [0.05, 0.1) is 0 Å². The smallest absolute Gasteiger partial charge is 0.220 e. The van der Waals surface area contributed by atoms with E-state index >= 15 is 0 Å². The number of amides is 1. The number of carbonyl (C=O) groups is 1. The molecule has 2 atom stereocenters. The second-order valence-corrected chi connectivity index (χ2v) is 8.63. The van der Waals surface area contributed by atoms with Crippen LogP contribution in [0.3, 0.4) is 0 Å². The third kappa shape index (κ3) is 6.37.